The van der Waals surface area contributed by atoms with Gasteiger partial charge in [0.15, 0.2) is 0 Å². The van der Waals surface area contributed by atoms with Crippen molar-refractivity contribution < 1.29 is 0 Å². The molecule has 0 aliphatic heterocycles. The summed E-state index contributed by atoms with van der Waals surface area (Å²) in [7, 11) is 0. The Hall–Kier alpha value is -4.30. The minimum atomic E-state index is 1.13. The van der Waals surface area contributed by atoms with Gasteiger partial charge in [-0.1, -0.05) is 84.9 Å². The van der Waals surface area contributed by atoms with E-state index in [1.54, 1.807) is 0 Å². The number of hydrogen-bond donors (Lipinski definition) is 0. The molecular weight excluding hydrogens is 388 g/mol. The first-order valence-electron chi connectivity index (χ1n) is 10.9. The molecule has 0 unspecified atom stereocenters. The van der Waals surface area contributed by atoms with Crippen molar-refractivity contribution in [3.8, 4) is 5.69 Å². The average Bonchev–Trinajstić information content (AvgIpc) is 3.20. The molecule has 5 aromatic carbocycles. The summed E-state index contributed by atoms with van der Waals surface area (Å²) < 4.78 is 2.39. The van der Waals surface area contributed by atoms with Gasteiger partial charge in [0.1, 0.15) is 0 Å². The average molecular weight is 411 g/mol. The normalized spacial score (nSPS) is 11.1. The van der Waals surface area contributed by atoms with Crippen LogP contribution in [0.15, 0.2) is 133 Å². The second-order valence-electron chi connectivity index (χ2n) is 7.86. The van der Waals surface area contributed by atoms with Crippen molar-refractivity contribution in [3.05, 3.63) is 133 Å². The lowest BCUT2D eigenvalue weighted by Gasteiger charge is -2.28. The Balaban J connectivity index is 1.68. The van der Waals surface area contributed by atoms with E-state index in [9.17, 15) is 0 Å². The Morgan fingerprint density at radius 2 is 0.844 bits per heavy atom. The van der Waals surface area contributed by atoms with Crippen molar-refractivity contribution in [2.45, 2.75) is 0 Å². The lowest BCUT2D eigenvalue weighted by Crippen LogP contribution is -2.12. The molecule has 0 spiro atoms. The van der Waals surface area contributed by atoms with Crippen LogP contribution in [-0.2, 0) is 0 Å². The number of hydrogen-bond acceptors (Lipinski definition) is 1. The first-order valence-corrected chi connectivity index (χ1v) is 10.9. The van der Waals surface area contributed by atoms with Gasteiger partial charge in [-0.25, -0.2) is 0 Å². The van der Waals surface area contributed by atoms with Crippen LogP contribution in [0.2, 0.25) is 0 Å². The molecular formula is C30H22N2. The lowest BCUT2D eigenvalue weighted by atomic mass is 10.1. The molecule has 2 heteroatoms. The summed E-state index contributed by atoms with van der Waals surface area (Å²) in [6.07, 6.45) is 0. The summed E-state index contributed by atoms with van der Waals surface area (Å²) in [6, 6.07) is 47.1. The summed E-state index contributed by atoms with van der Waals surface area (Å²) in [6.45, 7) is 0. The third-order valence-electron chi connectivity index (χ3n) is 5.97. The van der Waals surface area contributed by atoms with E-state index in [2.05, 4.69) is 143 Å². The summed E-state index contributed by atoms with van der Waals surface area (Å²) in [5.41, 5.74) is 6.97. The van der Waals surface area contributed by atoms with Gasteiger partial charge in [0, 0.05) is 22.1 Å². The highest BCUT2D eigenvalue weighted by molar-refractivity contribution is 6.09. The van der Waals surface area contributed by atoms with Crippen molar-refractivity contribution in [2.24, 2.45) is 0 Å². The van der Waals surface area contributed by atoms with E-state index in [1.165, 1.54) is 21.8 Å². The van der Waals surface area contributed by atoms with Crippen LogP contribution in [0.3, 0.4) is 0 Å². The van der Waals surface area contributed by atoms with Crippen molar-refractivity contribution in [1.29, 1.82) is 0 Å². The maximum Gasteiger partial charge on any atom is 0.0702 e. The molecule has 2 nitrogen and oxygen atoms in total. The van der Waals surface area contributed by atoms with Gasteiger partial charge in [0.2, 0.25) is 0 Å². The Bertz CT molecular complexity index is 1420. The van der Waals surface area contributed by atoms with Gasteiger partial charge in [0.05, 0.1) is 22.4 Å². The topological polar surface area (TPSA) is 8.17 Å². The predicted octanol–water partition coefficient (Wildman–Crippen LogP) is 8.25. The standard InChI is InChI=1S/C30H22N2/c1-3-13-23(14-4-1)31(24-15-5-2-6-16-24)29-21-11-12-22-30(29)32-27-19-9-7-17-25(27)26-18-8-10-20-28(26)32/h1-22H. The Kier molecular flexibility index (Phi) is 4.47. The number of nitrogens with zero attached hydrogens (tertiary/aromatic N) is 2. The summed E-state index contributed by atoms with van der Waals surface area (Å²) in [4.78, 5) is 2.33. The maximum absolute atomic E-state index is 2.39. The van der Waals surface area contributed by atoms with E-state index < -0.39 is 0 Å². The first kappa shape index (κ1) is 18.5. The monoisotopic (exact) mass is 410 g/mol. The van der Waals surface area contributed by atoms with Gasteiger partial charge in [-0.2, -0.15) is 0 Å². The molecule has 32 heavy (non-hydrogen) atoms. The lowest BCUT2D eigenvalue weighted by molar-refractivity contribution is 1.15. The second-order valence-corrected chi connectivity index (χ2v) is 7.86. The van der Waals surface area contributed by atoms with Crippen LogP contribution >= 0.6 is 0 Å². The molecule has 6 rings (SSSR count). The van der Waals surface area contributed by atoms with Crippen LogP contribution in [0.5, 0.6) is 0 Å². The van der Waals surface area contributed by atoms with Gasteiger partial charge in [-0.15, -0.1) is 0 Å². The van der Waals surface area contributed by atoms with E-state index >= 15 is 0 Å². The van der Waals surface area contributed by atoms with Crippen molar-refractivity contribution >= 4 is 38.9 Å². The third-order valence-corrected chi connectivity index (χ3v) is 5.97. The highest BCUT2D eigenvalue weighted by atomic mass is 15.2. The van der Waals surface area contributed by atoms with Crippen LogP contribution in [0.1, 0.15) is 0 Å². The zero-order chi connectivity index (χ0) is 21.3. The van der Waals surface area contributed by atoms with Crippen LogP contribution in [0, 0.1) is 0 Å². The molecule has 0 aliphatic carbocycles. The minimum absolute atomic E-state index is 1.13. The molecule has 152 valence electrons. The Morgan fingerprint density at radius 3 is 1.41 bits per heavy atom. The number of rotatable bonds is 4. The molecule has 0 amide bonds. The maximum atomic E-state index is 2.39. The number of aromatic nitrogens is 1. The fraction of sp³-hybridized carbons (Fsp3) is 0. The molecule has 0 N–H and O–H groups in total. The minimum Gasteiger partial charge on any atom is -0.308 e. The van der Waals surface area contributed by atoms with Gasteiger partial charge in [-0.05, 0) is 48.5 Å². The van der Waals surface area contributed by atoms with E-state index in [0.29, 0.717) is 0 Å². The Morgan fingerprint density at radius 1 is 0.406 bits per heavy atom. The molecule has 0 aliphatic rings. The smallest absolute Gasteiger partial charge is 0.0702 e. The van der Waals surface area contributed by atoms with E-state index in [1.807, 2.05) is 0 Å². The molecule has 0 saturated carbocycles. The number of benzene rings is 5. The largest absolute Gasteiger partial charge is 0.308 e. The van der Waals surface area contributed by atoms with Gasteiger partial charge < -0.3 is 9.47 Å². The highest BCUT2D eigenvalue weighted by Crippen LogP contribution is 2.41. The molecule has 0 fully saturated rings. The summed E-state index contributed by atoms with van der Waals surface area (Å²) in [5, 5.41) is 2.53. The second kappa shape index (κ2) is 7.75. The molecule has 0 atom stereocenters. The van der Waals surface area contributed by atoms with E-state index in [0.717, 1.165) is 22.7 Å². The van der Waals surface area contributed by atoms with E-state index in [4.69, 9.17) is 0 Å². The van der Waals surface area contributed by atoms with Crippen molar-refractivity contribution in [2.75, 3.05) is 4.90 Å². The zero-order valence-corrected chi connectivity index (χ0v) is 17.6. The van der Waals surface area contributed by atoms with Gasteiger partial charge >= 0.3 is 0 Å². The molecule has 1 aromatic heterocycles. The van der Waals surface area contributed by atoms with Crippen LogP contribution in [-0.4, -0.2) is 4.57 Å². The fourth-order valence-corrected chi connectivity index (χ4v) is 4.61. The highest BCUT2D eigenvalue weighted by Gasteiger charge is 2.19. The van der Waals surface area contributed by atoms with E-state index in [-0.39, 0.29) is 0 Å². The van der Waals surface area contributed by atoms with Crippen LogP contribution < -0.4 is 4.90 Å². The number of fused-ring (bicyclic) bond motifs is 3. The predicted molar refractivity (Wildman–Crippen MR) is 135 cm³/mol. The summed E-state index contributed by atoms with van der Waals surface area (Å²) >= 11 is 0. The fourth-order valence-electron chi connectivity index (χ4n) is 4.61. The molecule has 0 bridgehead atoms. The molecule has 0 radical (unpaired) electrons. The number of anilines is 3. The summed E-state index contributed by atoms with van der Waals surface area (Å²) in [5.74, 6) is 0. The SMILES string of the molecule is c1ccc(N(c2ccccc2)c2ccccc2-n2c3ccccc3c3ccccc32)cc1. The first-order chi connectivity index (χ1) is 15.9. The van der Waals surface area contributed by atoms with Gasteiger partial charge in [0.25, 0.3) is 0 Å². The molecule has 0 saturated heterocycles. The quantitative estimate of drug-likeness (QED) is 0.284. The van der Waals surface area contributed by atoms with Crippen LogP contribution in [0.4, 0.5) is 17.1 Å². The zero-order valence-electron chi connectivity index (χ0n) is 17.6. The number of para-hydroxylation sites is 6. The van der Waals surface area contributed by atoms with Crippen molar-refractivity contribution in [1.82, 2.24) is 4.57 Å². The van der Waals surface area contributed by atoms with Gasteiger partial charge in [-0.3, -0.25) is 0 Å². The van der Waals surface area contributed by atoms with Crippen LogP contribution in [0.25, 0.3) is 27.5 Å². The Labute approximate surface area is 187 Å². The molecule has 6 aromatic rings. The van der Waals surface area contributed by atoms with Crippen molar-refractivity contribution in [3.63, 3.8) is 0 Å². The third kappa shape index (κ3) is 2.97. The molecule has 1 heterocycles.